The number of para-hydroxylation sites is 1. The molecule has 0 saturated heterocycles. The van der Waals surface area contributed by atoms with Crippen molar-refractivity contribution in [2.45, 2.75) is 23.4 Å². The standard InChI is InChI=1S/C10H9NS5/c1-2-11-8-6-4-3-5-7(8)9-10(11)13-15-16-14-12-9/h3-6H,2H2,1H3. The van der Waals surface area contributed by atoms with Gasteiger partial charge in [0.1, 0.15) is 5.03 Å². The molecule has 2 aromatic rings. The summed E-state index contributed by atoms with van der Waals surface area (Å²) in [6, 6.07) is 8.70. The predicted molar refractivity (Wildman–Crippen MR) is 82.1 cm³/mol. The summed E-state index contributed by atoms with van der Waals surface area (Å²) in [5, 5.41) is 2.81. The van der Waals surface area contributed by atoms with E-state index in [1.807, 2.05) is 51.1 Å². The zero-order valence-electron chi connectivity index (χ0n) is 8.50. The van der Waals surface area contributed by atoms with E-state index >= 15 is 0 Å². The summed E-state index contributed by atoms with van der Waals surface area (Å²) < 4.78 is 2.42. The molecular weight excluding hydrogens is 294 g/mol. The minimum atomic E-state index is 1.04. The van der Waals surface area contributed by atoms with Crippen molar-refractivity contribution in [2.75, 3.05) is 0 Å². The van der Waals surface area contributed by atoms with E-state index in [0.717, 1.165) is 6.54 Å². The maximum absolute atomic E-state index is 2.42. The van der Waals surface area contributed by atoms with Gasteiger partial charge in [-0.1, -0.05) is 18.2 Å². The minimum absolute atomic E-state index is 1.04. The van der Waals surface area contributed by atoms with E-state index in [1.54, 1.807) is 0 Å². The second-order valence-electron chi connectivity index (χ2n) is 3.27. The Labute approximate surface area is 113 Å². The summed E-state index contributed by atoms with van der Waals surface area (Å²) in [7, 11) is 9.35. The number of fused-ring (bicyclic) bond motifs is 3. The molecule has 1 aromatic heterocycles. The van der Waals surface area contributed by atoms with Gasteiger partial charge in [-0.2, -0.15) is 0 Å². The van der Waals surface area contributed by atoms with Gasteiger partial charge in [-0.15, -0.1) is 0 Å². The van der Waals surface area contributed by atoms with Crippen molar-refractivity contribution in [1.29, 1.82) is 0 Å². The molecule has 0 radical (unpaired) electrons. The van der Waals surface area contributed by atoms with Gasteiger partial charge in [0.15, 0.2) is 0 Å². The zero-order chi connectivity index (χ0) is 11.0. The fourth-order valence-electron chi connectivity index (χ4n) is 1.83. The van der Waals surface area contributed by atoms with Crippen LogP contribution in [0.4, 0.5) is 0 Å². The average molecular weight is 304 g/mol. The van der Waals surface area contributed by atoms with Crippen LogP contribution in [0.15, 0.2) is 34.2 Å². The lowest BCUT2D eigenvalue weighted by Gasteiger charge is -2.04. The highest BCUT2D eigenvalue weighted by Crippen LogP contribution is 2.61. The van der Waals surface area contributed by atoms with E-state index in [0.29, 0.717) is 0 Å². The van der Waals surface area contributed by atoms with Crippen LogP contribution in [0, 0.1) is 0 Å². The Bertz CT molecular complexity index is 521. The number of hydrogen-bond donors (Lipinski definition) is 0. The highest BCUT2D eigenvalue weighted by atomic mass is 33.8. The van der Waals surface area contributed by atoms with Gasteiger partial charge >= 0.3 is 0 Å². The molecule has 0 atom stereocenters. The average Bonchev–Trinajstić information content (AvgIpc) is 2.49. The maximum atomic E-state index is 2.42. The SMILES string of the molecule is CCn1c2c(c3ccccc31)SSSSS2. The fourth-order valence-corrected chi connectivity index (χ4v) is 11.1. The van der Waals surface area contributed by atoms with Gasteiger partial charge in [-0.3, -0.25) is 0 Å². The predicted octanol–water partition coefficient (Wildman–Crippen LogP) is 5.72. The van der Waals surface area contributed by atoms with Crippen LogP contribution in [0.25, 0.3) is 10.9 Å². The molecule has 0 spiro atoms. The summed E-state index contributed by atoms with van der Waals surface area (Å²) >= 11 is 0. The fraction of sp³-hybridized carbons (Fsp3) is 0.200. The first kappa shape index (κ1) is 11.6. The Morgan fingerprint density at radius 3 is 2.75 bits per heavy atom. The number of aryl methyl sites for hydroxylation is 1. The van der Waals surface area contributed by atoms with Crippen LogP contribution in [0.1, 0.15) is 6.92 Å². The van der Waals surface area contributed by atoms with Crippen LogP contribution < -0.4 is 0 Å². The number of nitrogens with zero attached hydrogens (tertiary/aromatic N) is 1. The molecule has 1 aliphatic heterocycles. The zero-order valence-corrected chi connectivity index (χ0v) is 12.6. The highest BCUT2D eigenvalue weighted by molar-refractivity contribution is 9.36. The molecule has 1 aliphatic rings. The Balaban J connectivity index is 2.31. The van der Waals surface area contributed by atoms with Crippen molar-refractivity contribution in [3.8, 4) is 0 Å². The van der Waals surface area contributed by atoms with Crippen LogP contribution in [0.2, 0.25) is 0 Å². The topological polar surface area (TPSA) is 4.93 Å². The lowest BCUT2D eigenvalue weighted by Crippen LogP contribution is -1.94. The monoisotopic (exact) mass is 303 g/mol. The Morgan fingerprint density at radius 1 is 1.06 bits per heavy atom. The van der Waals surface area contributed by atoms with Crippen molar-refractivity contribution in [1.82, 2.24) is 4.57 Å². The molecule has 0 fully saturated rings. The quantitative estimate of drug-likeness (QED) is 0.619. The Kier molecular flexibility index (Phi) is 3.64. The lowest BCUT2D eigenvalue weighted by atomic mass is 10.2. The van der Waals surface area contributed by atoms with Crippen molar-refractivity contribution in [2.24, 2.45) is 0 Å². The molecule has 0 unspecified atom stereocenters. The van der Waals surface area contributed by atoms with Crippen LogP contribution in [-0.4, -0.2) is 4.57 Å². The molecule has 1 nitrogen and oxygen atoms in total. The smallest absolute Gasteiger partial charge is 0.102 e. The number of rotatable bonds is 1. The van der Waals surface area contributed by atoms with Crippen molar-refractivity contribution < 1.29 is 0 Å². The first-order chi connectivity index (χ1) is 7.92. The third-order valence-electron chi connectivity index (χ3n) is 2.48. The second kappa shape index (κ2) is 5.02. The van der Waals surface area contributed by atoms with Gasteiger partial charge in [0.25, 0.3) is 0 Å². The highest BCUT2D eigenvalue weighted by Gasteiger charge is 2.20. The van der Waals surface area contributed by atoms with Gasteiger partial charge in [-0.05, 0) is 64.1 Å². The normalized spacial score (nSPS) is 16.1. The molecule has 0 aliphatic carbocycles. The van der Waals surface area contributed by atoms with Gasteiger partial charge in [0.2, 0.25) is 0 Å². The molecule has 3 rings (SSSR count). The summed E-state index contributed by atoms with van der Waals surface area (Å²) in [5.41, 5.74) is 1.36. The van der Waals surface area contributed by atoms with Gasteiger partial charge < -0.3 is 4.57 Å². The molecule has 16 heavy (non-hydrogen) atoms. The van der Waals surface area contributed by atoms with Gasteiger partial charge in [-0.25, -0.2) is 0 Å². The van der Waals surface area contributed by atoms with E-state index < -0.39 is 0 Å². The summed E-state index contributed by atoms with van der Waals surface area (Å²) in [6.07, 6.45) is 0. The van der Waals surface area contributed by atoms with E-state index in [4.69, 9.17) is 0 Å². The third-order valence-corrected chi connectivity index (χ3v) is 11.0. The first-order valence-corrected chi connectivity index (χ1v) is 11.0. The Hall–Kier alpha value is 0.510. The molecule has 1 aromatic carbocycles. The van der Waals surface area contributed by atoms with Crippen LogP contribution in [-0.2, 0) is 6.54 Å². The molecule has 0 bridgehead atoms. The summed E-state index contributed by atoms with van der Waals surface area (Å²) in [5.74, 6) is 0. The first-order valence-electron chi connectivity index (χ1n) is 4.87. The van der Waals surface area contributed by atoms with E-state index in [-0.39, 0.29) is 0 Å². The second-order valence-corrected chi connectivity index (χ2v) is 10.7. The Morgan fingerprint density at radius 2 is 1.88 bits per heavy atom. The van der Waals surface area contributed by atoms with Crippen LogP contribution in [0.3, 0.4) is 0 Å². The van der Waals surface area contributed by atoms with E-state index in [2.05, 4.69) is 35.8 Å². The van der Waals surface area contributed by atoms with Gasteiger partial charge in [0.05, 0.1) is 10.4 Å². The van der Waals surface area contributed by atoms with Gasteiger partial charge in [0, 0.05) is 11.9 Å². The minimum Gasteiger partial charge on any atom is -0.334 e. The third kappa shape index (κ3) is 1.88. The summed E-state index contributed by atoms with van der Waals surface area (Å²) in [6.45, 7) is 3.26. The largest absolute Gasteiger partial charge is 0.334 e. The van der Waals surface area contributed by atoms with Crippen LogP contribution >= 0.6 is 51.1 Å². The summed E-state index contributed by atoms with van der Waals surface area (Å²) in [4.78, 5) is 1.44. The molecule has 6 heteroatoms. The van der Waals surface area contributed by atoms with Crippen molar-refractivity contribution >= 4 is 62.0 Å². The molecular formula is C10H9NS5. The van der Waals surface area contributed by atoms with E-state index in [9.17, 15) is 0 Å². The molecule has 84 valence electrons. The molecule has 2 heterocycles. The van der Waals surface area contributed by atoms with E-state index in [1.165, 1.54) is 20.8 Å². The molecule has 0 N–H and O–H groups in total. The molecule has 0 amide bonds. The number of benzene rings is 1. The lowest BCUT2D eigenvalue weighted by molar-refractivity contribution is 0.716. The maximum Gasteiger partial charge on any atom is 0.102 e. The number of hydrogen-bond acceptors (Lipinski definition) is 5. The molecule has 0 saturated carbocycles. The van der Waals surface area contributed by atoms with Crippen molar-refractivity contribution in [3.05, 3.63) is 24.3 Å². The van der Waals surface area contributed by atoms with Crippen LogP contribution in [0.5, 0.6) is 0 Å². The van der Waals surface area contributed by atoms with Crippen molar-refractivity contribution in [3.63, 3.8) is 0 Å². The number of aromatic nitrogens is 1.